The molecular weight excluding hydrogens is 98.0 g/mol. The Morgan fingerprint density at radius 3 is 2.43 bits per heavy atom. The van der Waals surface area contributed by atoms with Crippen LogP contribution in [0, 0.1) is 0 Å². The van der Waals surface area contributed by atoms with Crippen LogP contribution in [0.15, 0.2) is 0 Å². The van der Waals surface area contributed by atoms with E-state index >= 15 is 0 Å². The Hall–Kier alpha value is -0.610. The van der Waals surface area contributed by atoms with Crippen molar-refractivity contribution in [2.24, 2.45) is 5.90 Å². The summed E-state index contributed by atoms with van der Waals surface area (Å²) in [6, 6.07) is 0. The fraction of sp³-hybridized carbons (Fsp3) is 0.667. The molecule has 0 aliphatic carbocycles. The molecule has 0 bridgehead atoms. The zero-order valence-electron chi connectivity index (χ0n) is 3.92. The molecule has 0 unspecified atom stereocenters. The summed E-state index contributed by atoms with van der Waals surface area (Å²) < 4.78 is 0. The van der Waals surface area contributed by atoms with Crippen LogP contribution in [0.25, 0.3) is 0 Å². The van der Waals surface area contributed by atoms with E-state index in [0.29, 0.717) is 0 Å². The first kappa shape index (κ1) is 6.39. The summed E-state index contributed by atoms with van der Waals surface area (Å²) in [5.74, 6) is 3.44. The smallest absolute Gasteiger partial charge is 0.334 e. The number of nitrogens with two attached hydrogens (primary N) is 1. The van der Waals surface area contributed by atoms with Crippen LogP contribution in [0.2, 0.25) is 0 Å². The summed E-state index contributed by atoms with van der Waals surface area (Å²) in [6.45, 7) is 1.35. The number of carbonyl (C=O) groups is 1. The maximum Gasteiger partial charge on any atom is 0.334 e. The van der Waals surface area contributed by atoms with E-state index in [1.165, 1.54) is 6.92 Å². The van der Waals surface area contributed by atoms with E-state index < -0.39 is 12.1 Å². The molecule has 4 nitrogen and oxygen atoms in total. The summed E-state index contributed by atoms with van der Waals surface area (Å²) >= 11 is 0. The molecule has 7 heavy (non-hydrogen) atoms. The van der Waals surface area contributed by atoms with Gasteiger partial charge in [0.2, 0.25) is 0 Å². The summed E-state index contributed by atoms with van der Waals surface area (Å²) in [7, 11) is 0. The zero-order chi connectivity index (χ0) is 5.86. The van der Waals surface area contributed by atoms with Gasteiger partial charge in [0, 0.05) is 0 Å². The topological polar surface area (TPSA) is 72.5 Å². The van der Waals surface area contributed by atoms with Gasteiger partial charge < -0.3 is 5.11 Å². The minimum absolute atomic E-state index is 0.903. The first-order valence-corrected chi connectivity index (χ1v) is 1.77. The molecule has 0 spiro atoms. The molecule has 42 valence electrons. The lowest BCUT2D eigenvalue weighted by atomic mass is 10.4. The van der Waals surface area contributed by atoms with E-state index in [1.807, 2.05) is 0 Å². The number of rotatable bonds is 2. The largest absolute Gasteiger partial charge is 0.479 e. The number of carboxylic acids is 1. The van der Waals surface area contributed by atoms with Crippen LogP contribution in [-0.4, -0.2) is 17.2 Å². The van der Waals surface area contributed by atoms with Gasteiger partial charge in [-0.2, -0.15) is 0 Å². The maximum atomic E-state index is 9.73. The molecule has 0 saturated heterocycles. The van der Waals surface area contributed by atoms with Gasteiger partial charge in [0.05, 0.1) is 0 Å². The average Bonchev–Trinajstić information content (AvgIpc) is 1.65. The minimum Gasteiger partial charge on any atom is -0.479 e. The van der Waals surface area contributed by atoms with E-state index in [4.69, 9.17) is 5.11 Å². The van der Waals surface area contributed by atoms with E-state index in [2.05, 4.69) is 10.7 Å². The van der Waals surface area contributed by atoms with Gasteiger partial charge in [0.1, 0.15) is 0 Å². The van der Waals surface area contributed by atoms with Gasteiger partial charge in [0.25, 0.3) is 0 Å². The van der Waals surface area contributed by atoms with Gasteiger partial charge in [-0.25, -0.2) is 10.7 Å². The number of hydrogen-bond acceptors (Lipinski definition) is 3. The lowest BCUT2D eigenvalue weighted by Crippen LogP contribution is -2.22. The van der Waals surface area contributed by atoms with Gasteiger partial charge in [-0.15, -0.1) is 0 Å². The minimum atomic E-state index is -1.05. The number of carboxylic acid groups (broad SMARTS) is 1. The number of aliphatic carboxylic acids is 1. The van der Waals surface area contributed by atoms with Gasteiger partial charge >= 0.3 is 5.97 Å². The molecule has 0 aliphatic heterocycles. The zero-order valence-corrected chi connectivity index (χ0v) is 3.92. The van der Waals surface area contributed by atoms with Crippen molar-refractivity contribution in [1.29, 1.82) is 0 Å². The molecule has 0 fully saturated rings. The van der Waals surface area contributed by atoms with Crippen molar-refractivity contribution in [3.63, 3.8) is 0 Å². The fourth-order valence-electron chi connectivity index (χ4n) is 0.0582. The third-order valence-electron chi connectivity index (χ3n) is 0.552. The van der Waals surface area contributed by atoms with Crippen molar-refractivity contribution in [3.8, 4) is 0 Å². The maximum absolute atomic E-state index is 9.73. The predicted octanol–water partition coefficient (Wildman–Crippen LogP) is -0.650. The Kier molecular flexibility index (Phi) is 2.32. The first-order chi connectivity index (χ1) is 3.18. The highest BCUT2D eigenvalue weighted by Gasteiger charge is 2.07. The molecule has 0 heterocycles. The second-order valence-corrected chi connectivity index (χ2v) is 1.12. The summed E-state index contributed by atoms with van der Waals surface area (Å²) in [6.07, 6.45) is -0.903. The van der Waals surface area contributed by atoms with Gasteiger partial charge in [-0.1, -0.05) is 0 Å². The van der Waals surface area contributed by atoms with Crippen molar-refractivity contribution in [2.45, 2.75) is 13.0 Å². The third kappa shape index (κ3) is 2.13. The van der Waals surface area contributed by atoms with Crippen LogP contribution in [0.3, 0.4) is 0 Å². The van der Waals surface area contributed by atoms with E-state index in [0.717, 1.165) is 0 Å². The standard InChI is InChI=1S/C3H7NO3/c1-2(7-4)3(5)6/h2H,4H2,1H3,(H,5,6)/t2-/m0/s1. The van der Waals surface area contributed by atoms with Crippen LogP contribution >= 0.6 is 0 Å². The highest BCUT2D eigenvalue weighted by atomic mass is 16.6. The molecule has 0 radical (unpaired) electrons. The lowest BCUT2D eigenvalue weighted by molar-refractivity contribution is -0.149. The molecule has 1 atom stereocenters. The summed E-state index contributed by atoms with van der Waals surface area (Å²) in [5.41, 5.74) is 0. The first-order valence-electron chi connectivity index (χ1n) is 1.77. The molecule has 0 aromatic carbocycles. The highest BCUT2D eigenvalue weighted by molar-refractivity contribution is 5.71. The highest BCUT2D eigenvalue weighted by Crippen LogP contribution is 1.80. The van der Waals surface area contributed by atoms with Crippen molar-refractivity contribution in [1.82, 2.24) is 0 Å². The van der Waals surface area contributed by atoms with Crippen molar-refractivity contribution < 1.29 is 14.7 Å². The van der Waals surface area contributed by atoms with Crippen molar-refractivity contribution >= 4 is 5.97 Å². The van der Waals surface area contributed by atoms with Gasteiger partial charge in [-0.05, 0) is 6.92 Å². The Morgan fingerprint density at radius 2 is 2.43 bits per heavy atom. The summed E-state index contributed by atoms with van der Waals surface area (Å²) in [4.78, 5) is 13.6. The Morgan fingerprint density at radius 1 is 2.00 bits per heavy atom. The molecule has 0 saturated carbocycles. The quantitative estimate of drug-likeness (QED) is 0.458. The molecule has 0 amide bonds. The normalized spacial score (nSPS) is 13.4. The van der Waals surface area contributed by atoms with Gasteiger partial charge in [-0.3, -0.25) is 4.84 Å². The molecule has 0 rings (SSSR count). The second-order valence-electron chi connectivity index (χ2n) is 1.12. The van der Waals surface area contributed by atoms with Crippen LogP contribution < -0.4 is 5.90 Å². The summed E-state index contributed by atoms with van der Waals surface area (Å²) in [5, 5.41) is 7.98. The Bertz CT molecular complexity index is 72.6. The average molecular weight is 105 g/mol. The van der Waals surface area contributed by atoms with Crippen LogP contribution in [0.5, 0.6) is 0 Å². The third-order valence-corrected chi connectivity index (χ3v) is 0.552. The van der Waals surface area contributed by atoms with E-state index in [-0.39, 0.29) is 0 Å². The predicted molar refractivity (Wildman–Crippen MR) is 22.4 cm³/mol. The molecule has 4 heteroatoms. The number of hydrogen-bond donors (Lipinski definition) is 2. The van der Waals surface area contributed by atoms with Crippen LogP contribution in [0.1, 0.15) is 6.92 Å². The Balaban J connectivity index is 3.34. The molecule has 0 aliphatic rings. The van der Waals surface area contributed by atoms with Crippen LogP contribution in [-0.2, 0) is 9.63 Å². The molecule has 0 aromatic heterocycles. The second kappa shape index (κ2) is 2.54. The van der Waals surface area contributed by atoms with Crippen molar-refractivity contribution in [3.05, 3.63) is 0 Å². The van der Waals surface area contributed by atoms with E-state index in [9.17, 15) is 4.79 Å². The molecule has 3 N–H and O–H groups in total. The molecular formula is C3H7NO3. The monoisotopic (exact) mass is 105 g/mol. The fourth-order valence-corrected chi connectivity index (χ4v) is 0.0582. The van der Waals surface area contributed by atoms with Crippen molar-refractivity contribution in [2.75, 3.05) is 0 Å². The van der Waals surface area contributed by atoms with Crippen LogP contribution in [0.4, 0.5) is 0 Å². The van der Waals surface area contributed by atoms with Gasteiger partial charge in [0.15, 0.2) is 6.10 Å². The van der Waals surface area contributed by atoms with E-state index in [1.54, 1.807) is 0 Å². The SMILES string of the molecule is C[C@H](ON)C(=O)O. The Labute approximate surface area is 40.8 Å². The lowest BCUT2D eigenvalue weighted by Gasteiger charge is -1.97. The molecule has 0 aromatic rings.